The number of rotatable bonds is 6. The van der Waals surface area contributed by atoms with Gasteiger partial charge in [-0.25, -0.2) is 4.98 Å². The molecule has 8 heteroatoms. The van der Waals surface area contributed by atoms with Gasteiger partial charge in [0.25, 0.3) is 5.56 Å². The average molecular weight is 419 g/mol. The highest BCUT2D eigenvalue weighted by molar-refractivity contribution is 5.85. The molecule has 0 aliphatic heterocycles. The molecule has 1 atom stereocenters. The Bertz CT molecular complexity index is 1070. The topological polar surface area (TPSA) is 89.2 Å². The fourth-order valence-electron chi connectivity index (χ4n) is 3.45. The molecule has 0 saturated heterocycles. The van der Waals surface area contributed by atoms with Gasteiger partial charge in [0, 0.05) is 38.0 Å². The van der Waals surface area contributed by atoms with E-state index in [0.29, 0.717) is 12.1 Å². The van der Waals surface area contributed by atoms with Gasteiger partial charge in [0.1, 0.15) is 11.9 Å². The van der Waals surface area contributed by atoms with E-state index in [1.165, 1.54) is 0 Å². The number of nitrogens with one attached hydrogen (secondary N) is 1. The van der Waals surface area contributed by atoms with Gasteiger partial charge in [-0.1, -0.05) is 19.9 Å². The molecular weight excluding hydrogens is 392 g/mol. The maximum absolute atomic E-state index is 12.0. The van der Waals surface area contributed by atoms with Gasteiger partial charge in [-0.05, 0) is 36.6 Å². The number of aromatic nitrogens is 3. The Morgan fingerprint density at radius 1 is 1.24 bits per heavy atom. The van der Waals surface area contributed by atoms with Gasteiger partial charge in [0.15, 0.2) is 0 Å². The highest BCUT2D eigenvalue weighted by Crippen LogP contribution is 2.24. The van der Waals surface area contributed by atoms with Crippen LogP contribution in [0.1, 0.15) is 25.0 Å². The van der Waals surface area contributed by atoms with Gasteiger partial charge in [-0.15, -0.1) is 12.4 Å². The minimum absolute atomic E-state index is 0. The zero-order valence-electron chi connectivity index (χ0n) is 17.3. The van der Waals surface area contributed by atoms with Crippen LogP contribution in [0.25, 0.3) is 22.4 Å². The number of carboxylic acid groups (broad SMARTS) is 1. The normalized spacial score (nSPS) is 12.2. The first-order valence-corrected chi connectivity index (χ1v) is 9.28. The minimum Gasteiger partial charge on any atom is -0.480 e. The number of benzene rings is 1. The number of halogens is 1. The second-order valence-corrected chi connectivity index (χ2v) is 7.59. The summed E-state index contributed by atoms with van der Waals surface area (Å²) < 4.78 is 3.57. The lowest BCUT2D eigenvalue weighted by Gasteiger charge is -2.17. The predicted molar refractivity (Wildman–Crippen MR) is 116 cm³/mol. The fraction of sp³-hybridized carbons (Fsp3) is 0.381. The zero-order valence-corrected chi connectivity index (χ0v) is 18.1. The molecule has 0 saturated carbocycles. The highest BCUT2D eigenvalue weighted by Gasteiger charge is 2.20. The third-order valence-electron chi connectivity index (χ3n) is 5.02. The number of imidazole rings is 1. The van der Waals surface area contributed by atoms with Crippen LogP contribution in [0.3, 0.4) is 0 Å². The summed E-state index contributed by atoms with van der Waals surface area (Å²) >= 11 is 0. The fourth-order valence-corrected chi connectivity index (χ4v) is 3.45. The molecule has 0 aliphatic rings. The second-order valence-electron chi connectivity index (χ2n) is 7.59. The molecule has 2 aromatic heterocycles. The molecule has 0 radical (unpaired) electrons. The molecule has 0 fully saturated rings. The van der Waals surface area contributed by atoms with Gasteiger partial charge in [0.2, 0.25) is 0 Å². The third kappa shape index (κ3) is 4.52. The summed E-state index contributed by atoms with van der Waals surface area (Å²) in [5.74, 6) is -0.0682. The lowest BCUT2D eigenvalue weighted by molar-refractivity contribution is -0.140. The van der Waals surface area contributed by atoms with Crippen LogP contribution in [-0.4, -0.2) is 31.2 Å². The molecule has 0 aliphatic carbocycles. The number of hydrogen-bond donors (Lipinski definition) is 2. The Kier molecular flexibility index (Phi) is 6.87. The number of pyridine rings is 1. The van der Waals surface area contributed by atoms with E-state index in [9.17, 15) is 14.7 Å². The maximum Gasteiger partial charge on any atom is 0.320 e. The molecule has 3 rings (SSSR count). The number of hydrogen-bond acceptors (Lipinski definition) is 4. The summed E-state index contributed by atoms with van der Waals surface area (Å²) in [6.07, 6.45) is 1.79. The van der Waals surface area contributed by atoms with Crippen molar-refractivity contribution in [3.8, 4) is 11.4 Å². The smallest absolute Gasteiger partial charge is 0.320 e. The monoisotopic (exact) mass is 418 g/mol. The minimum atomic E-state index is -0.846. The van der Waals surface area contributed by atoms with Crippen LogP contribution >= 0.6 is 12.4 Å². The van der Waals surface area contributed by atoms with Gasteiger partial charge in [0.05, 0.1) is 11.0 Å². The van der Waals surface area contributed by atoms with E-state index in [2.05, 4.69) is 5.32 Å². The van der Waals surface area contributed by atoms with Crippen molar-refractivity contribution in [3.05, 3.63) is 51.9 Å². The van der Waals surface area contributed by atoms with Crippen molar-refractivity contribution in [2.45, 2.75) is 33.4 Å². The van der Waals surface area contributed by atoms with Crippen LogP contribution in [-0.2, 0) is 25.4 Å². The summed E-state index contributed by atoms with van der Waals surface area (Å²) in [6.45, 7) is 6.02. The van der Waals surface area contributed by atoms with E-state index in [-0.39, 0.29) is 23.9 Å². The number of carboxylic acids is 1. The first kappa shape index (κ1) is 22.6. The Morgan fingerprint density at radius 3 is 2.52 bits per heavy atom. The summed E-state index contributed by atoms with van der Waals surface area (Å²) in [7, 11) is 3.68. The van der Waals surface area contributed by atoms with E-state index >= 15 is 0 Å². The van der Waals surface area contributed by atoms with Crippen molar-refractivity contribution in [2.24, 2.45) is 20.0 Å². The molecule has 2 N–H and O–H groups in total. The molecule has 1 unspecified atom stereocenters. The van der Waals surface area contributed by atoms with Crippen LogP contribution in [0.5, 0.6) is 0 Å². The first-order valence-electron chi connectivity index (χ1n) is 9.28. The van der Waals surface area contributed by atoms with Gasteiger partial charge < -0.3 is 19.6 Å². The van der Waals surface area contributed by atoms with Gasteiger partial charge in [-0.2, -0.15) is 0 Å². The van der Waals surface area contributed by atoms with Crippen molar-refractivity contribution in [3.63, 3.8) is 0 Å². The molecule has 0 amide bonds. The number of nitrogens with zero attached hydrogens (tertiary/aromatic N) is 3. The highest BCUT2D eigenvalue weighted by atomic mass is 35.5. The third-order valence-corrected chi connectivity index (χ3v) is 5.02. The van der Waals surface area contributed by atoms with E-state index in [0.717, 1.165) is 28.0 Å². The van der Waals surface area contributed by atoms with E-state index in [4.69, 9.17) is 4.98 Å². The van der Waals surface area contributed by atoms with Gasteiger partial charge in [-0.3, -0.25) is 9.59 Å². The Balaban J connectivity index is 0.00000300. The average Bonchev–Trinajstić information content (AvgIpc) is 2.95. The van der Waals surface area contributed by atoms with Crippen LogP contribution in [0.15, 0.2) is 35.3 Å². The molecule has 1 aromatic carbocycles. The lowest BCUT2D eigenvalue weighted by atomic mass is 10.0. The second kappa shape index (κ2) is 8.80. The Hall–Kier alpha value is -2.64. The number of fused-ring (bicyclic) bond motifs is 1. The van der Waals surface area contributed by atoms with Crippen LogP contribution in [0.4, 0.5) is 0 Å². The van der Waals surface area contributed by atoms with Crippen molar-refractivity contribution < 1.29 is 9.90 Å². The maximum atomic E-state index is 12.0. The quantitative estimate of drug-likeness (QED) is 0.642. The summed E-state index contributed by atoms with van der Waals surface area (Å²) in [4.78, 5) is 28.1. The number of aryl methyl sites for hydroxylation is 3. The Labute approximate surface area is 175 Å². The molecular formula is C21H27ClN4O3. The summed E-state index contributed by atoms with van der Waals surface area (Å²) in [5.41, 5.74) is 4.31. The van der Waals surface area contributed by atoms with Crippen molar-refractivity contribution >= 4 is 29.4 Å². The number of aliphatic carboxylic acids is 1. The largest absolute Gasteiger partial charge is 0.480 e. The van der Waals surface area contributed by atoms with Crippen LogP contribution in [0, 0.1) is 12.8 Å². The van der Waals surface area contributed by atoms with E-state index in [1.807, 2.05) is 49.7 Å². The van der Waals surface area contributed by atoms with Crippen molar-refractivity contribution in [1.82, 2.24) is 19.4 Å². The summed E-state index contributed by atoms with van der Waals surface area (Å²) in [6, 6.07) is 7.20. The van der Waals surface area contributed by atoms with Crippen molar-refractivity contribution in [1.29, 1.82) is 0 Å². The molecule has 29 heavy (non-hydrogen) atoms. The molecule has 3 aromatic rings. The molecule has 0 spiro atoms. The SMILES string of the molecule is Cc1cc(-c2nc3cc(CNC(C(=O)O)C(C)C)ccc3n2C)cn(C)c1=O.Cl. The van der Waals surface area contributed by atoms with Crippen LogP contribution in [0.2, 0.25) is 0 Å². The molecule has 0 bridgehead atoms. The standard InChI is InChI=1S/C21H26N4O3.ClH/c1-12(2)18(21(27)28)22-10-14-6-7-17-16(9-14)23-19(25(17)5)15-8-13(3)20(26)24(4)11-15;/h6-9,11-12,18,22H,10H2,1-5H3,(H,27,28);1H. The van der Waals surface area contributed by atoms with Gasteiger partial charge >= 0.3 is 5.97 Å². The zero-order chi connectivity index (χ0) is 20.6. The van der Waals surface area contributed by atoms with E-state index in [1.54, 1.807) is 24.7 Å². The van der Waals surface area contributed by atoms with E-state index < -0.39 is 12.0 Å². The molecule has 156 valence electrons. The van der Waals surface area contributed by atoms with Crippen LogP contribution < -0.4 is 10.9 Å². The Morgan fingerprint density at radius 2 is 1.93 bits per heavy atom. The molecule has 2 heterocycles. The molecule has 7 nitrogen and oxygen atoms in total. The lowest BCUT2D eigenvalue weighted by Crippen LogP contribution is -2.40. The number of carbonyl (C=O) groups is 1. The van der Waals surface area contributed by atoms with Crippen molar-refractivity contribution in [2.75, 3.05) is 0 Å². The first-order chi connectivity index (χ1) is 13.2. The summed E-state index contributed by atoms with van der Waals surface area (Å²) in [5, 5.41) is 12.4. The predicted octanol–water partition coefficient (Wildman–Crippen LogP) is 2.87.